The molecule has 0 atom stereocenters. The van der Waals surface area contributed by atoms with Gasteiger partial charge in [-0.1, -0.05) is 0 Å². The third-order valence-electron chi connectivity index (χ3n) is 2.84. The molecule has 8 heteroatoms. The van der Waals surface area contributed by atoms with Gasteiger partial charge in [0, 0.05) is 17.8 Å². The first-order valence-electron chi connectivity index (χ1n) is 5.56. The molecule has 0 aliphatic carbocycles. The molecule has 1 N–H and O–H groups in total. The fraction of sp³-hybridized carbons (Fsp3) is 0.0833. The number of aromatic nitrogens is 2. The fourth-order valence-corrected chi connectivity index (χ4v) is 2.65. The highest BCUT2D eigenvalue weighted by atomic mass is 32.1. The van der Waals surface area contributed by atoms with Gasteiger partial charge in [0.15, 0.2) is 5.69 Å². The van der Waals surface area contributed by atoms with Gasteiger partial charge in [-0.05, 0) is 6.07 Å². The molecule has 0 fully saturated rings. The summed E-state index contributed by atoms with van der Waals surface area (Å²) in [5, 5.41) is 10.6. The Morgan fingerprint density at radius 3 is 2.70 bits per heavy atom. The van der Waals surface area contributed by atoms with Crippen molar-refractivity contribution < 1.29 is 19.5 Å². The lowest BCUT2D eigenvalue weighted by Crippen LogP contribution is -2.29. The van der Waals surface area contributed by atoms with Crippen molar-refractivity contribution in [1.82, 2.24) is 14.9 Å². The molecule has 0 spiro atoms. The van der Waals surface area contributed by atoms with E-state index in [0.717, 1.165) is 16.2 Å². The van der Waals surface area contributed by atoms with E-state index in [4.69, 9.17) is 5.11 Å². The number of carboxylic acid groups (broad SMARTS) is 1. The number of aromatic carboxylic acids is 1. The Kier molecular flexibility index (Phi) is 2.79. The maximum absolute atomic E-state index is 12.1. The van der Waals surface area contributed by atoms with Crippen molar-refractivity contribution in [3.63, 3.8) is 0 Å². The molecule has 100 valence electrons. The molecule has 2 amide bonds. The molecule has 0 saturated carbocycles. The van der Waals surface area contributed by atoms with E-state index in [9.17, 15) is 14.4 Å². The number of thiazole rings is 1. The summed E-state index contributed by atoms with van der Waals surface area (Å²) in [6.07, 6.45) is 2.79. The first-order chi connectivity index (χ1) is 9.58. The smallest absolute Gasteiger partial charge is 0.355 e. The SMILES string of the molecule is O=C(O)c1csc(CN2C(=O)c3ccncc3C2=O)n1. The molecular formula is C12H7N3O4S. The van der Waals surface area contributed by atoms with Gasteiger partial charge >= 0.3 is 5.97 Å². The van der Waals surface area contributed by atoms with Gasteiger partial charge in [0.05, 0.1) is 17.7 Å². The maximum Gasteiger partial charge on any atom is 0.355 e. The van der Waals surface area contributed by atoms with Crippen molar-refractivity contribution in [3.05, 3.63) is 45.7 Å². The van der Waals surface area contributed by atoms with E-state index in [1.165, 1.54) is 23.8 Å². The number of carbonyl (C=O) groups is 3. The Morgan fingerprint density at radius 2 is 2.05 bits per heavy atom. The molecule has 0 aromatic carbocycles. The van der Waals surface area contributed by atoms with Crippen LogP contribution in [0.2, 0.25) is 0 Å². The van der Waals surface area contributed by atoms with Crippen LogP contribution in [-0.2, 0) is 6.54 Å². The standard InChI is InChI=1S/C12H7N3O4S/c16-10-6-1-2-13-3-7(6)11(17)15(10)4-9-14-8(5-20-9)12(18)19/h1-3,5H,4H2,(H,18,19). The van der Waals surface area contributed by atoms with Gasteiger partial charge in [-0.15, -0.1) is 11.3 Å². The number of imide groups is 1. The van der Waals surface area contributed by atoms with Crippen LogP contribution >= 0.6 is 11.3 Å². The quantitative estimate of drug-likeness (QED) is 0.847. The largest absolute Gasteiger partial charge is 0.476 e. The van der Waals surface area contributed by atoms with Crippen LogP contribution in [0.3, 0.4) is 0 Å². The third-order valence-corrected chi connectivity index (χ3v) is 3.67. The van der Waals surface area contributed by atoms with E-state index in [0.29, 0.717) is 10.6 Å². The second kappa shape index (κ2) is 4.49. The van der Waals surface area contributed by atoms with Crippen LogP contribution in [0.5, 0.6) is 0 Å². The topological polar surface area (TPSA) is 100 Å². The first kappa shape index (κ1) is 12.4. The minimum absolute atomic E-state index is 0.0374. The van der Waals surface area contributed by atoms with Crippen LogP contribution in [0, 0.1) is 0 Å². The molecular weight excluding hydrogens is 282 g/mol. The normalized spacial score (nSPS) is 13.7. The summed E-state index contributed by atoms with van der Waals surface area (Å²) in [7, 11) is 0. The third kappa shape index (κ3) is 1.86. The van der Waals surface area contributed by atoms with Crippen molar-refractivity contribution in [1.29, 1.82) is 0 Å². The molecule has 1 aliphatic rings. The maximum atomic E-state index is 12.1. The summed E-state index contributed by atoms with van der Waals surface area (Å²) >= 11 is 1.09. The highest BCUT2D eigenvalue weighted by Gasteiger charge is 2.36. The van der Waals surface area contributed by atoms with Crippen molar-refractivity contribution in [2.75, 3.05) is 0 Å². The number of carbonyl (C=O) groups excluding carboxylic acids is 2. The lowest BCUT2D eigenvalue weighted by atomic mass is 10.2. The number of hydrogen-bond donors (Lipinski definition) is 1. The lowest BCUT2D eigenvalue weighted by molar-refractivity contribution is 0.0641. The Labute approximate surface area is 116 Å². The molecule has 0 radical (unpaired) electrons. The predicted molar refractivity (Wildman–Crippen MR) is 67.5 cm³/mol. The number of fused-ring (bicyclic) bond motifs is 1. The second-order valence-electron chi connectivity index (χ2n) is 4.05. The highest BCUT2D eigenvalue weighted by molar-refractivity contribution is 7.09. The minimum Gasteiger partial charge on any atom is -0.476 e. The summed E-state index contributed by atoms with van der Waals surface area (Å²) in [5.41, 5.74) is 0.468. The van der Waals surface area contributed by atoms with Crippen molar-refractivity contribution in [2.45, 2.75) is 6.54 Å². The van der Waals surface area contributed by atoms with Crippen LogP contribution in [0.15, 0.2) is 23.8 Å². The first-order valence-corrected chi connectivity index (χ1v) is 6.44. The average Bonchev–Trinajstić information content (AvgIpc) is 3.00. The van der Waals surface area contributed by atoms with Gasteiger partial charge in [0.1, 0.15) is 5.01 Å². The zero-order valence-electron chi connectivity index (χ0n) is 9.94. The van der Waals surface area contributed by atoms with E-state index < -0.39 is 17.8 Å². The molecule has 0 unspecified atom stereocenters. The van der Waals surface area contributed by atoms with Gasteiger partial charge in [-0.3, -0.25) is 19.5 Å². The summed E-state index contributed by atoms with van der Waals surface area (Å²) in [6, 6.07) is 1.49. The van der Waals surface area contributed by atoms with E-state index >= 15 is 0 Å². The summed E-state index contributed by atoms with van der Waals surface area (Å²) in [5.74, 6) is -2.00. The molecule has 7 nitrogen and oxygen atoms in total. The number of amides is 2. The van der Waals surface area contributed by atoms with Gasteiger partial charge < -0.3 is 5.11 Å². The average molecular weight is 289 g/mol. The highest BCUT2D eigenvalue weighted by Crippen LogP contribution is 2.24. The number of pyridine rings is 1. The summed E-state index contributed by atoms with van der Waals surface area (Å²) in [4.78, 5) is 43.6. The van der Waals surface area contributed by atoms with Crippen LogP contribution in [0.25, 0.3) is 0 Å². The molecule has 0 bridgehead atoms. The Hall–Kier alpha value is -2.61. The molecule has 20 heavy (non-hydrogen) atoms. The molecule has 1 aliphatic heterocycles. The van der Waals surface area contributed by atoms with Crippen LogP contribution in [0.1, 0.15) is 36.2 Å². The van der Waals surface area contributed by atoms with Crippen molar-refractivity contribution in [3.8, 4) is 0 Å². The van der Waals surface area contributed by atoms with Gasteiger partial charge in [0.25, 0.3) is 11.8 Å². The molecule has 0 saturated heterocycles. The summed E-state index contributed by atoms with van der Waals surface area (Å²) in [6.45, 7) is -0.0374. The Bertz CT molecular complexity index is 705. The van der Waals surface area contributed by atoms with E-state index in [1.54, 1.807) is 0 Å². The van der Waals surface area contributed by atoms with Gasteiger partial charge in [-0.2, -0.15) is 0 Å². The zero-order chi connectivity index (χ0) is 14.3. The Morgan fingerprint density at radius 1 is 1.30 bits per heavy atom. The van der Waals surface area contributed by atoms with E-state index in [1.807, 2.05) is 0 Å². The van der Waals surface area contributed by atoms with E-state index in [-0.39, 0.29) is 17.8 Å². The number of nitrogens with zero attached hydrogens (tertiary/aromatic N) is 3. The van der Waals surface area contributed by atoms with Crippen LogP contribution in [0.4, 0.5) is 0 Å². The predicted octanol–water partition coefficient (Wildman–Crippen LogP) is 1.03. The minimum atomic E-state index is -1.14. The molecule has 3 rings (SSSR count). The zero-order valence-corrected chi connectivity index (χ0v) is 10.8. The van der Waals surface area contributed by atoms with Gasteiger partial charge in [-0.25, -0.2) is 9.78 Å². The van der Waals surface area contributed by atoms with Crippen molar-refractivity contribution >= 4 is 29.1 Å². The number of carboxylic acids is 1. The molecule has 2 aromatic rings. The van der Waals surface area contributed by atoms with Crippen molar-refractivity contribution in [2.24, 2.45) is 0 Å². The number of hydrogen-bond acceptors (Lipinski definition) is 6. The fourth-order valence-electron chi connectivity index (χ4n) is 1.90. The monoisotopic (exact) mass is 289 g/mol. The second-order valence-corrected chi connectivity index (χ2v) is 4.99. The van der Waals surface area contributed by atoms with E-state index in [2.05, 4.69) is 9.97 Å². The number of rotatable bonds is 3. The summed E-state index contributed by atoms with van der Waals surface area (Å²) < 4.78 is 0. The van der Waals surface area contributed by atoms with Gasteiger partial charge in [0.2, 0.25) is 0 Å². The molecule has 2 aromatic heterocycles. The van der Waals surface area contributed by atoms with Crippen LogP contribution < -0.4 is 0 Å². The Balaban J connectivity index is 1.87. The molecule has 3 heterocycles. The lowest BCUT2D eigenvalue weighted by Gasteiger charge is -2.11. The van der Waals surface area contributed by atoms with Crippen LogP contribution in [-0.4, -0.2) is 37.8 Å².